The van der Waals surface area contributed by atoms with Crippen LogP contribution in [0.5, 0.6) is 0 Å². The Morgan fingerprint density at radius 1 is 1.26 bits per heavy atom. The highest BCUT2D eigenvalue weighted by molar-refractivity contribution is 5.96. The number of hydrogen-bond acceptors (Lipinski definition) is 2. The standard InChI is InChI=1S/C16H24N2O/c1-2-18(15-11-7-6-10-14(15)17)16(19)12-13-8-4-3-5-9-13/h6-7,10-11,13H,2-5,8-9,12,17H2,1H3. The lowest BCUT2D eigenvalue weighted by Crippen LogP contribution is -2.33. The van der Waals surface area contributed by atoms with Gasteiger partial charge in [0.15, 0.2) is 0 Å². The van der Waals surface area contributed by atoms with Gasteiger partial charge in [0.1, 0.15) is 0 Å². The van der Waals surface area contributed by atoms with Crippen LogP contribution >= 0.6 is 0 Å². The number of para-hydroxylation sites is 2. The van der Waals surface area contributed by atoms with Crippen molar-refractivity contribution in [1.82, 2.24) is 0 Å². The van der Waals surface area contributed by atoms with Crippen molar-refractivity contribution in [3.05, 3.63) is 24.3 Å². The van der Waals surface area contributed by atoms with E-state index in [4.69, 9.17) is 5.73 Å². The fourth-order valence-electron chi connectivity index (χ4n) is 2.96. The monoisotopic (exact) mass is 260 g/mol. The molecule has 0 aromatic heterocycles. The second kappa shape index (κ2) is 6.60. The van der Waals surface area contributed by atoms with Gasteiger partial charge in [-0.05, 0) is 37.8 Å². The molecule has 2 N–H and O–H groups in total. The summed E-state index contributed by atoms with van der Waals surface area (Å²) in [5.41, 5.74) is 7.51. The van der Waals surface area contributed by atoms with E-state index in [9.17, 15) is 4.79 Å². The van der Waals surface area contributed by atoms with Crippen molar-refractivity contribution < 1.29 is 4.79 Å². The smallest absolute Gasteiger partial charge is 0.227 e. The fraction of sp³-hybridized carbons (Fsp3) is 0.562. The largest absolute Gasteiger partial charge is 0.397 e. The van der Waals surface area contributed by atoms with E-state index < -0.39 is 0 Å². The molecule has 0 saturated heterocycles. The van der Waals surface area contributed by atoms with Crippen molar-refractivity contribution in [2.75, 3.05) is 17.2 Å². The molecular formula is C16H24N2O. The van der Waals surface area contributed by atoms with Gasteiger partial charge < -0.3 is 10.6 Å². The summed E-state index contributed by atoms with van der Waals surface area (Å²) in [5.74, 6) is 0.785. The van der Waals surface area contributed by atoms with Gasteiger partial charge in [-0.3, -0.25) is 4.79 Å². The van der Waals surface area contributed by atoms with E-state index in [1.807, 2.05) is 36.1 Å². The summed E-state index contributed by atoms with van der Waals surface area (Å²) in [7, 11) is 0. The molecule has 3 heteroatoms. The Hall–Kier alpha value is -1.51. The summed E-state index contributed by atoms with van der Waals surface area (Å²) in [4.78, 5) is 14.3. The van der Waals surface area contributed by atoms with Gasteiger partial charge in [-0.25, -0.2) is 0 Å². The van der Waals surface area contributed by atoms with E-state index in [0.29, 0.717) is 24.6 Å². The number of anilines is 2. The van der Waals surface area contributed by atoms with E-state index in [2.05, 4.69) is 0 Å². The molecule has 0 heterocycles. The molecule has 1 fully saturated rings. The minimum absolute atomic E-state index is 0.215. The predicted octanol–water partition coefficient (Wildman–Crippen LogP) is 3.59. The lowest BCUT2D eigenvalue weighted by molar-refractivity contribution is -0.119. The molecule has 1 aromatic carbocycles. The zero-order valence-electron chi connectivity index (χ0n) is 11.8. The third-order valence-corrected chi connectivity index (χ3v) is 4.03. The first-order chi connectivity index (χ1) is 9.22. The van der Waals surface area contributed by atoms with Gasteiger partial charge in [0.25, 0.3) is 0 Å². The zero-order valence-corrected chi connectivity index (χ0v) is 11.8. The highest BCUT2D eigenvalue weighted by atomic mass is 16.2. The number of nitrogens with two attached hydrogens (primary N) is 1. The molecule has 2 rings (SSSR count). The Labute approximate surface area is 115 Å². The topological polar surface area (TPSA) is 46.3 Å². The van der Waals surface area contributed by atoms with Crippen LogP contribution in [0.2, 0.25) is 0 Å². The van der Waals surface area contributed by atoms with Gasteiger partial charge >= 0.3 is 0 Å². The van der Waals surface area contributed by atoms with Crippen molar-refractivity contribution in [1.29, 1.82) is 0 Å². The normalized spacial score (nSPS) is 16.3. The van der Waals surface area contributed by atoms with Gasteiger partial charge in [0.05, 0.1) is 11.4 Å². The van der Waals surface area contributed by atoms with Crippen molar-refractivity contribution in [2.24, 2.45) is 5.92 Å². The molecule has 0 aliphatic heterocycles. The molecule has 1 aliphatic rings. The number of benzene rings is 1. The summed E-state index contributed by atoms with van der Waals surface area (Å²) >= 11 is 0. The average Bonchev–Trinajstić information content (AvgIpc) is 2.43. The maximum Gasteiger partial charge on any atom is 0.227 e. The molecule has 0 unspecified atom stereocenters. The third-order valence-electron chi connectivity index (χ3n) is 4.03. The molecule has 0 atom stereocenters. The average molecular weight is 260 g/mol. The second-order valence-corrected chi connectivity index (χ2v) is 5.40. The number of nitrogen functional groups attached to an aromatic ring is 1. The Morgan fingerprint density at radius 3 is 2.58 bits per heavy atom. The minimum Gasteiger partial charge on any atom is -0.397 e. The Morgan fingerprint density at radius 2 is 1.95 bits per heavy atom. The van der Waals surface area contributed by atoms with E-state index >= 15 is 0 Å². The van der Waals surface area contributed by atoms with E-state index in [1.165, 1.54) is 32.1 Å². The quantitative estimate of drug-likeness (QED) is 0.841. The van der Waals surface area contributed by atoms with Gasteiger partial charge in [-0.1, -0.05) is 31.4 Å². The molecule has 1 aromatic rings. The molecule has 1 saturated carbocycles. The molecule has 0 spiro atoms. The summed E-state index contributed by atoms with van der Waals surface area (Å²) in [5, 5.41) is 0. The van der Waals surface area contributed by atoms with Crippen molar-refractivity contribution in [3.8, 4) is 0 Å². The van der Waals surface area contributed by atoms with E-state index in [0.717, 1.165) is 5.69 Å². The molecule has 0 radical (unpaired) electrons. The maximum atomic E-state index is 12.5. The number of rotatable bonds is 4. The first-order valence-corrected chi connectivity index (χ1v) is 7.37. The van der Waals surface area contributed by atoms with E-state index in [1.54, 1.807) is 0 Å². The van der Waals surface area contributed by atoms with Crippen LogP contribution in [0.25, 0.3) is 0 Å². The van der Waals surface area contributed by atoms with Crippen molar-refractivity contribution in [2.45, 2.75) is 45.4 Å². The highest BCUT2D eigenvalue weighted by Crippen LogP contribution is 2.29. The van der Waals surface area contributed by atoms with Gasteiger partial charge in [-0.15, -0.1) is 0 Å². The zero-order chi connectivity index (χ0) is 13.7. The minimum atomic E-state index is 0.215. The highest BCUT2D eigenvalue weighted by Gasteiger charge is 2.22. The molecule has 1 amide bonds. The lowest BCUT2D eigenvalue weighted by atomic mass is 9.86. The Balaban J connectivity index is 2.04. The first kappa shape index (κ1) is 13.9. The second-order valence-electron chi connectivity index (χ2n) is 5.40. The number of carbonyl (C=O) groups excluding carboxylic acids is 1. The van der Waals surface area contributed by atoms with Crippen LogP contribution in [0.15, 0.2) is 24.3 Å². The fourth-order valence-corrected chi connectivity index (χ4v) is 2.96. The summed E-state index contributed by atoms with van der Waals surface area (Å²) in [6.45, 7) is 2.69. The molecule has 19 heavy (non-hydrogen) atoms. The molecular weight excluding hydrogens is 236 g/mol. The third kappa shape index (κ3) is 3.49. The maximum absolute atomic E-state index is 12.5. The summed E-state index contributed by atoms with van der Waals surface area (Å²) in [6.07, 6.45) is 6.95. The van der Waals surface area contributed by atoms with Gasteiger partial charge in [0.2, 0.25) is 5.91 Å². The van der Waals surface area contributed by atoms with Crippen LogP contribution in [0.4, 0.5) is 11.4 Å². The van der Waals surface area contributed by atoms with Crippen LogP contribution in [0.1, 0.15) is 45.4 Å². The predicted molar refractivity (Wildman–Crippen MR) is 80.1 cm³/mol. The Bertz CT molecular complexity index is 425. The molecule has 1 aliphatic carbocycles. The van der Waals surface area contributed by atoms with E-state index in [-0.39, 0.29) is 5.91 Å². The summed E-state index contributed by atoms with van der Waals surface area (Å²) < 4.78 is 0. The van der Waals surface area contributed by atoms with Crippen molar-refractivity contribution in [3.63, 3.8) is 0 Å². The van der Waals surface area contributed by atoms with Crippen molar-refractivity contribution >= 4 is 17.3 Å². The van der Waals surface area contributed by atoms with Crippen LogP contribution in [0.3, 0.4) is 0 Å². The van der Waals surface area contributed by atoms with Gasteiger partial charge in [0, 0.05) is 13.0 Å². The molecule has 0 bridgehead atoms. The summed E-state index contributed by atoms with van der Waals surface area (Å²) in [6, 6.07) is 7.62. The lowest BCUT2D eigenvalue weighted by Gasteiger charge is -2.27. The Kier molecular flexibility index (Phi) is 4.83. The number of hydrogen-bond donors (Lipinski definition) is 1. The van der Waals surface area contributed by atoms with Crippen LogP contribution in [0, 0.1) is 5.92 Å². The molecule has 104 valence electrons. The number of carbonyl (C=O) groups is 1. The van der Waals surface area contributed by atoms with Crippen LogP contribution < -0.4 is 10.6 Å². The number of amides is 1. The number of nitrogens with zero attached hydrogens (tertiary/aromatic N) is 1. The SMILES string of the molecule is CCN(C(=O)CC1CCCCC1)c1ccccc1N. The first-order valence-electron chi connectivity index (χ1n) is 7.37. The van der Waals surface area contributed by atoms with Gasteiger partial charge in [-0.2, -0.15) is 0 Å². The molecule has 3 nitrogen and oxygen atoms in total. The van der Waals surface area contributed by atoms with Crippen LogP contribution in [-0.2, 0) is 4.79 Å². The van der Waals surface area contributed by atoms with Crippen LogP contribution in [-0.4, -0.2) is 12.5 Å².